The summed E-state index contributed by atoms with van der Waals surface area (Å²) in [7, 11) is 0. The highest BCUT2D eigenvalue weighted by Crippen LogP contribution is 2.39. The van der Waals surface area contributed by atoms with E-state index in [2.05, 4.69) is 0 Å². The lowest BCUT2D eigenvalue weighted by Crippen LogP contribution is -2.18. The van der Waals surface area contributed by atoms with E-state index in [0.29, 0.717) is 22.3 Å². The maximum Gasteiger partial charge on any atom is 0.341 e. The minimum atomic E-state index is -1.23. The lowest BCUT2D eigenvalue weighted by atomic mass is 10.1. The van der Waals surface area contributed by atoms with Crippen molar-refractivity contribution in [3.63, 3.8) is 0 Å². The molecule has 6 heteroatoms. The van der Waals surface area contributed by atoms with Gasteiger partial charge in [0.05, 0.1) is 15.6 Å². The Hall–Kier alpha value is -1.52. The number of benzene rings is 1. The van der Waals surface area contributed by atoms with Crippen molar-refractivity contribution >= 4 is 40.1 Å². The van der Waals surface area contributed by atoms with Crippen molar-refractivity contribution in [2.24, 2.45) is 0 Å². The molecule has 1 aromatic heterocycles. The number of nitrogens with zero attached hydrogens (tertiary/aromatic N) is 1. The SMILES string of the molecule is CC1Cc2c(Cl)c(Cl)cc3c(=O)c(C(=O)O)cn1c23. The van der Waals surface area contributed by atoms with Crippen molar-refractivity contribution < 1.29 is 9.90 Å². The normalized spacial score (nSPS) is 17.1. The summed E-state index contributed by atoms with van der Waals surface area (Å²) in [6.07, 6.45) is 2.02. The van der Waals surface area contributed by atoms with Gasteiger partial charge < -0.3 is 9.67 Å². The first-order valence-electron chi connectivity index (χ1n) is 5.71. The van der Waals surface area contributed by atoms with Crippen LogP contribution in [0.4, 0.5) is 0 Å². The molecule has 19 heavy (non-hydrogen) atoms. The average molecular weight is 298 g/mol. The maximum absolute atomic E-state index is 12.2. The van der Waals surface area contributed by atoms with Crippen LogP contribution < -0.4 is 5.43 Å². The van der Waals surface area contributed by atoms with Gasteiger partial charge in [0.15, 0.2) is 0 Å². The first kappa shape index (κ1) is 12.5. The molecule has 1 aliphatic heterocycles. The molecule has 0 saturated heterocycles. The van der Waals surface area contributed by atoms with E-state index in [1.54, 1.807) is 4.57 Å². The fourth-order valence-electron chi connectivity index (χ4n) is 2.62. The summed E-state index contributed by atoms with van der Waals surface area (Å²) in [4.78, 5) is 23.3. The summed E-state index contributed by atoms with van der Waals surface area (Å²) in [5.74, 6) is -1.23. The zero-order valence-corrected chi connectivity index (χ0v) is 11.4. The quantitative estimate of drug-likeness (QED) is 0.880. The standard InChI is InChI=1S/C13H9Cl2NO3/c1-5-2-6-10(15)9(14)3-7-11(6)16(5)4-8(12(7)17)13(18)19/h3-5H,2H2,1H3,(H,18,19). The van der Waals surface area contributed by atoms with Crippen molar-refractivity contribution in [1.29, 1.82) is 0 Å². The van der Waals surface area contributed by atoms with E-state index < -0.39 is 11.4 Å². The van der Waals surface area contributed by atoms with Crippen LogP contribution in [-0.2, 0) is 6.42 Å². The number of rotatable bonds is 1. The molecule has 0 bridgehead atoms. The molecule has 0 fully saturated rings. The highest BCUT2D eigenvalue weighted by Gasteiger charge is 2.27. The first-order chi connectivity index (χ1) is 8.91. The van der Waals surface area contributed by atoms with Crippen molar-refractivity contribution in [2.45, 2.75) is 19.4 Å². The van der Waals surface area contributed by atoms with Gasteiger partial charge in [0, 0.05) is 17.6 Å². The van der Waals surface area contributed by atoms with Gasteiger partial charge in [-0.1, -0.05) is 23.2 Å². The topological polar surface area (TPSA) is 59.3 Å². The predicted octanol–water partition coefficient (Wildman–Crippen LogP) is 3.12. The molecule has 0 amide bonds. The smallest absolute Gasteiger partial charge is 0.341 e. The first-order valence-corrected chi connectivity index (χ1v) is 6.46. The lowest BCUT2D eigenvalue weighted by Gasteiger charge is -2.11. The van der Waals surface area contributed by atoms with Gasteiger partial charge in [-0.3, -0.25) is 4.79 Å². The summed E-state index contributed by atoms with van der Waals surface area (Å²) < 4.78 is 1.79. The van der Waals surface area contributed by atoms with E-state index in [0.717, 1.165) is 5.56 Å². The molecule has 1 unspecified atom stereocenters. The molecule has 1 atom stereocenters. The molecule has 2 aromatic rings. The fraction of sp³-hybridized carbons (Fsp3) is 0.231. The van der Waals surface area contributed by atoms with Gasteiger partial charge in [-0.2, -0.15) is 0 Å². The lowest BCUT2D eigenvalue weighted by molar-refractivity contribution is 0.0695. The Balaban J connectivity index is 2.57. The second-order valence-electron chi connectivity index (χ2n) is 4.68. The summed E-state index contributed by atoms with van der Waals surface area (Å²) in [5.41, 5.74) is 0.737. The number of carboxylic acid groups (broad SMARTS) is 1. The third-order valence-corrected chi connectivity index (χ3v) is 4.33. The van der Waals surface area contributed by atoms with Crippen LogP contribution in [0.1, 0.15) is 28.9 Å². The second-order valence-corrected chi connectivity index (χ2v) is 5.47. The van der Waals surface area contributed by atoms with Gasteiger partial charge in [0.1, 0.15) is 5.56 Å². The largest absolute Gasteiger partial charge is 0.477 e. The summed E-state index contributed by atoms with van der Waals surface area (Å²) in [5, 5.41) is 10.1. The van der Waals surface area contributed by atoms with Crippen LogP contribution >= 0.6 is 23.2 Å². The monoisotopic (exact) mass is 297 g/mol. The second kappa shape index (κ2) is 3.99. The molecule has 3 rings (SSSR count). The van der Waals surface area contributed by atoms with Gasteiger partial charge in [0.25, 0.3) is 0 Å². The van der Waals surface area contributed by atoms with Gasteiger partial charge in [0.2, 0.25) is 5.43 Å². The maximum atomic E-state index is 12.2. The minimum Gasteiger partial charge on any atom is -0.477 e. The number of carbonyl (C=O) groups is 1. The van der Waals surface area contributed by atoms with Gasteiger partial charge in [-0.15, -0.1) is 0 Å². The van der Waals surface area contributed by atoms with Crippen molar-refractivity contribution in [2.75, 3.05) is 0 Å². The number of pyridine rings is 1. The van der Waals surface area contributed by atoms with Crippen molar-refractivity contribution in [3.05, 3.63) is 43.7 Å². The highest BCUT2D eigenvalue weighted by atomic mass is 35.5. The van der Waals surface area contributed by atoms with Gasteiger partial charge in [-0.25, -0.2) is 4.79 Å². The zero-order chi connectivity index (χ0) is 13.9. The molecule has 0 spiro atoms. The number of aromatic carboxylic acids is 1. The number of hydrogen-bond donors (Lipinski definition) is 1. The van der Waals surface area contributed by atoms with Crippen LogP contribution in [0.15, 0.2) is 17.1 Å². The minimum absolute atomic E-state index is 0.0483. The molecule has 4 nitrogen and oxygen atoms in total. The summed E-state index contributed by atoms with van der Waals surface area (Å²) in [6.45, 7) is 1.94. The number of halogens is 2. The van der Waals surface area contributed by atoms with E-state index in [4.69, 9.17) is 28.3 Å². The fourth-order valence-corrected chi connectivity index (χ4v) is 3.07. The Bertz CT molecular complexity index is 795. The number of hydrogen-bond acceptors (Lipinski definition) is 2. The van der Waals surface area contributed by atoms with Crippen LogP contribution in [0.25, 0.3) is 10.9 Å². The van der Waals surface area contributed by atoms with Crippen LogP contribution in [0.3, 0.4) is 0 Å². The van der Waals surface area contributed by atoms with Crippen LogP contribution in [0.2, 0.25) is 10.0 Å². The molecule has 0 saturated carbocycles. The predicted molar refractivity (Wildman–Crippen MR) is 73.6 cm³/mol. The van der Waals surface area contributed by atoms with Crippen molar-refractivity contribution in [1.82, 2.24) is 4.57 Å². The Labute approximate surface area is 118 Å². The number of carboxylic acids is 1. The average Bonchev–Trinajstić information content (AvgIpc) is 2.67. The summed E-state index contributed by atoms with van der Waals surface area (Å²) in [6, 6.07) is 1.50. The Morgan fingerprint density at radius 2 is 2.16 bits per heavy atom. The Morgan fingerprint density at radius 3 is 2.79 bits per heavy atom. The van der Waals surface area contributed by atoms with E-state index in [-0.39, 0.29) is 16.6 Å². The Kier molecular flexibility index (Phi) is 2.62. The Morgan fingerprint density at radius 1 is 1.47 bits per heavy atom. The van der Waals surface area contributed by atoms with Gasteiger partial charge >= 0.3 is 5.97 Å². The molecule has 98 valence electrons. The van der Waals surface area contributed by atoms with Crippen LogP contribution in [0.5, 0.6) is 0 Å². The van der Waals surface area contributed by atoms with E-state index >= 15 is 0 Å². The van der Waals surface area contributed by atoms with Crippen LogP contribution in [-0.4, -0.2) is 15.6 Å². The summed E-state index contributed by atoms with van der Waals surface area (Å²) >= 11 is 12.2. The third kappa shape index (κ3) is 1.60. The van der Waals surface area contributed by atoms with Crippen LogP contribution in [0, 0.1) is 0 Å². The highest BCUT2D eigenvalue weighted by molar-refractivity contribution is 6.43. The molecule has 0 aliphatic carbocycles. The molecule has 1 N–H and O–H groups in total. The van der Waals surface area contributed by atoms with Crippen molar-refractivity contribution in [3.8, 4) is 0 Å². The molecule has 1 aromatic carbocycles. The molecule has 2 heterocycles. The zero-order valence-electron chi connectivity index (χ0n) is 9.91. The molecular formula is C13H9Cl2NO3. The molecule has 1 aliphatic rings. The molecule has 0 radical (unpaired) electrons. The van der Waals surface area contributed by atoms with E-state index in [1.165, 1.54) is 12.3 Å². The van der Waals surface area contributed by atoms with Gasteiger partial charge in [-0.05, 0) is 25.0 Å². The number of aromatic nitrogens is 1. The van der Waals surface area contributed by atoms with E-state index in [1.807, 2.05) is 6.92 Å². The van der Waals surface area contributed by atoms with E-state index in [9.17, 15) is 9.59 Å². The third-order valence-electron chi connectivity index (χ3n) is 3.51. The molecular weight excluding hydrogens is 289 g/mol.